The van der Waals surface area contributed by atoms with Crippen LogP contribution in [0.25, 0.3) is 0 Å². The van der Waals surface area contributed by atoms with Gasteiger partial charge in [0.2, 0.25) is 0 Å². The van der Waals surface area contributed by atoms with Gasteiger partial charge in [-0.3, -0.25) is 0 Å². The average Bonchev–Trinajstić information content (AvgIpc) is 2.21. The lowest BCUT2D eigenvalue weighted by molar-refractivity contribution is 0.475. The van der Waals surface area contributed by atoms with E-state index in [4.69, 9.17) is 5.11 Å². The Balaban J connectivity index is 3.02. The molecule has 0 atom stereocenters. The number of allylic oxidation sites excluding steroid dienone is 1. The van der Waals surface area contributed by atoms with Crippen LogP contribution in [0, 0.1) is 0 Å². The van der Waals surface area contributed by atoms with E-state index in [9.17, 15) is 0 Å². The summed E-state index contributed by atoms with van der Waals surface area (Å²) in [6.45, 7) is 7.38. The SMILES string of the molecule is C=NC(=NC=C(C)C)c1ccc(O)cc1. The first-order valence-corrected chi connectivity index (χ1v) is 4.61. The Morgan fingerprint density at radius 1 is 1.27 bits per heavy atom. The van der Waals surface area contributed by atoms with Crippen molar-refractivity contribution in [3.05, 3.63) is 41.6 Å². The molecule has 0 heterocycles. The van der Waals surface area contributed by atoms with E-state index in [-0.39, 0.29) is 5.75 Å². The van der Waals surface area contributed by atoms with Gasteiger partial charge in [-0.2, -0.15) is 0 Å². The minimum atomic E-state index is 0.226. The molecule has 0 saturated heterocycles. The second-order valence-electron chi connectivity index (χ2n) is 3.36. The Labute approximate surface area is 89.5 Å². The van der Waals surface area contributed by atoms with E-state index < -0.39 is 0 Å². The lowest BCUT2D eigenvalue weighted by Crippen LogP contribution is -1.94. The summed E-state index contributed by atoms with van der Waals surface area (Å²) in [5.74, 6) is 0.778. The van der Waals surface area contributed by atoms with Gasteiger partial charge in [0.15, 0.2) is 5.84 Å². The number of hydrogen-bond donors (Lipinski definition) is 1. The zero-order chi connectivity index (χ0) is 11.3. The molecule has 0 aliphatic rings. The van der Waals surface area contributed by atoms with Crippen molar-refractivity contribution in [2.24, 2.45) is 9.98 Å². The molecule has 1 aromatic carbocycles. The molecule has 15 heavy (non-hydrogen) atoms. The molecule has 78 valence electrons. The highest BCUT2D eigenvalue weighted by molar-refractivity contribution is 6.01. The number of rotatable bonds is 2. The van der Waals surface area contributed by atoms with Crippen molar-refractivity contribution in [1.29, 1.82) is 0 Å². The van der Waals surface area contributed by atoms with Gasteiger partial charge >= 0.3 is 0 Å². The zero-order valence-corrected chi connectivity index (χ0v) is 8.94. The second kappa shape index (κ2) is 5.10. The quantitative estimate of drug-likeness (QED) is 0.581. The number of aliphatic imine (C=N–C) groups is 2. The Bertz CT molecular complexity index is 398. The van der Waals surface area contributed by atoms with Crippen molar-refractivity contribution in [1.82, 2.24) is 0 Å². The molecule has 0 aliphatic carbocycles. The van der Waals surface area contributed by atoms with Gasteiger partial charge in [-0.15, -0.1) is 0 Å². The van der Waals surface area contributed by atoms with Gasteiger partial charge in [0, 0.05) is 11.8 Å². The van der Waals surface area contributed by atoms with E-state index in [1.165, 1.54) is 0 Å². The van der Waals surface area contributed by atoms with Gasteiger partial charge in [-0.05, 0) is 44.8 Å². The smallest absolute Gasteiger partial charge is 0.158 e. The van der Waals surface area contributed by atoms with E-state index in [0.717, 1.165) is 11.1 Å². The third-order valence-electron chi connectivity index (χ3n) is 1.72. The molecule has 0 unspecified atom stereocenters. The van der Waals surface area contributed by atoms with Crippen LogP contribution in [0.3, 0.4) is 0 Å². The third-order valence-corrected chi connectivity index (χ3v) is 1.72. The molecule has 1 N–H and O–H groups in total. The molecule has 0 aromatic heterocycles. The van der Waals surface area contributed by atoms with Crippen molar-refractivity contribution >= 4 is 12.6 Å². The summed E-state index contributed by atoms with van der Waals surface area (Å²) >= 11 is 0. The topological polar surface area (TPSA) is 45.0 Å². The highest BCUT2D eigenvalue weighted by Gasteiger charge is 1.99. The fourth-order valence-corrected chi connectivity index (χ4v) is 1.01. The second-order valence-corrected chi connectivity index (χ2v) is 3.36. The molecule has 0 fully saturated rings. The maximum atomic E-state index is 9.13. The van der Waals surface area contributed by atoms with Crippen molar-refractivity contribution < 1.29 is 5.11 Å². The number of amidine groups is 1. The Hall–Kier alpha value is -1.90. The van der Waals surface area contributed by atoms with Crippen LogP contribution in [0.4, 0.5) is 0 Å². The molecule has 3 nitrogen and oxygen atoms in total. The number of nitrogens with zero attached hydrogens (tertiary/aromatic N) is 2. The van der Waals surface area contributed by atoms with E-state index in [2.05, 4.69) is 16.7 Å². The number of phenolic OH excluding ortho intramolecular Hbond substituents is 1. The summed E-state index contributed by atoms with van der Waals surface area (Å²) in [6, 6.07) is 6.69. The number of aromatic hydroxyl groups is 1. The van der Waals surface area contributed by atoms with Crippen LogP contribution in [0.5, 0.6) is 5.75 Å². The minimum Gasteiger partial charge on any atom is -0.508 e. The fourth-order valence-electron chi connectivity index (χ4n) is 1.01. The molecule has 3 heteroatoms. The van der Waals surface area contributed by atoms with Gasteiger partial charge in [0.25, 0.3) is 0 Å². The predicted octanol–water partition coefficient (Wildman–Crippen LogP) is 2.76. The monoisotopic (exact) mass is 202 g/mol. The van der Waals surface area contributed by atoms with Crippen LogP contribution in [-0.2, 0) is 0 Å². The van der Waals surface area contributed by atoms with Crippen LogP contribution < -0.4 is 0 Å². The lowest BCUT2D eigenvalue weighted by Gasteiger charge is -1.99. The van der Waals surface area contributed by atoms with E-state index in [0.29, 0.717) is 5.84 Å². The lowest BCUT2D eigenvalue weighted by atomic mass is 10.2. The summed E-state index contributed by atoms with van der Waals surface area (Å²) in [4.78, 5) is 8.02. The highest BCUT2D eigenvalue weighted by atomic mass is 16.3. The van der Waals surface area contributed by atoms with Gasteiger partial charge in [0.05, 0.1) is 0 Å². The molecule has 1 rings (SSSR count). The van der Waals surface area contributed by atoms with E-state index in [1.807, 2.05) is 13.8 Å². The summed E-state index contributed by atoms with van der Waals surface area (Å²) in [5.41, 5.74) is 1.93. The molecule has 0 saturated carbocycles. The van der Waals surface area contributed by atoms with Crippen molar-refractivity contribution in [3.8, 4) is 5.75 Å². The molecular formula is C12H14N2O. The standard InChI is InChI=1S/C12H14N2O/c1-9(2)8-14-12(13-3)10-4-6-11(15)7-5-10/h4-8,15H,3H2,1-2H3. The Kier molecular flexibility index (Phi) is 3.80. The fraction of sp³-hybridized carbons (Fsp3) is 0.167. The van der Waals surface area contributed by atoms with Gasteiger partial charge in [-0.1, -0.05) is 5.57 Å². The summed E-state index contributed by atoms with van der Waals surface area (Å²) in [7, 11) is 0. The summed E-state index contributed by atoms with van der Waals surface area (Å²) in [6.07, 6.45) is 1.73. The minimum absolute atomic E-state index is 0.226. The van der Waals surface area contributed by atoms with Gasteiger partial charge < -0.3 is 5.11 Å². The number of phenols is 1. The van der Waals surface area contributed by atoms with Crippen LogP contribution >= 0.6 is 0 Å². The predicted molar refractivity (Wildman–Crippen MR) is 63.6 cm³/mol. The Morgan fingerprint density at radius 3 is 2.33 bits per heavy atom. The van der Waals surface area contributed by atoms with Crippen LogP contribution in [0.1, 0.15) is 19.4 Å². The summed E-state index contributed by atoms with van der Waals surface area (Å²) in [5, 5.41) is 9.13. The highest BCUT2D eigenvalue weighted by Crippen LogP contribution is 2.11. The van der Waals surface area contributed by atoms with Crippen LogP contribution in [-0.4, -0.2) is 17.7 Å². The largest absolute Gasteiger partial charge is 0.508 e. The molecule has 0 amide bonds. The molecular weight excluding hydrogens is 188 g/mol. The first-order valence-electron chi connectivity index (χ1n) is 4.61. The normalized spacial score (nSPS) is 10.9. The average molecular weight is 202 g/mol. The Morgan fingerprint density at radius 2 is 1.87 bits per heavy atom. The van der Waals surface area contributed by atoms with Gasteiger partial charge in [0.1, 0.15) is 5.75 Å². The maximum absolute atomic E-state index is 9.13. The first-order chi connectivity index (χ1) is 7.13. The van der Waals surface area contributed by atoms with Crippen molar-refractivity contribution in [3.63, 3.8) is 0 Å². The first kappa shape index (κ1) is 11.2. The van der Waals surface area contributed by atoms with Gasteiger partial charge in [-0.25, -0.2) is 9.98 Å². The molecule has 0 radical (unpaired) electrons. The van der Waals surface area contributed by atoms with E-state index >= 15 is 0 Å². The molecule has 1 aromatic rings. The van der Waals surface area contributed by atoms with E-state index in [1.54, 1.807) is 30.5 Å². The van der Waals surface area contributed by atoms with Crippen molar-refractivity contribution in [2.75, 3.05) is 0 Å². The number of hydrogen-bond acceptors (Lipinski definition) is 2. The molecule has 0 aliphatic heterocycles. The van der Waals surface area contributed by atoms with Crippen LogP contribution in [0.15, 0.2) is 46.0 Å². The van der Waals surface area contributed by atoms with Crippen molar-refractivity contribution in [2.45, 2.75) is 13.8 Å². The number of benzene rings is 1. The third kappa shape index (κ3) is 3.38. The van der Waals surface area contributed by atoms with Crippen LogP contribution in [0.2, 0.25) is 0 Å². The summed E-state index contributed by atoms with van der Waals surface area (Å²) < 4.78 is 0. The molecule has 0 bridgehead atoms. The zero-order valence-electron chi connectivity index (χ0n) is 8.94. The maximum Gasteiger partial charge on any atom is 0.158 e. The molecule has 0 spiro atoms.